The van der Waals surface area contributed by atoms with Gasteiger partial charge in [0.25, 0.3) is 0 Å². The third-order valence-corrected chi connectivity index (χ3v) is 7.05. The summed E-state index contributed by atoms with van der Waals surface area (Å²) in [6.45, 7) is 8.38. The fourth-order valence-electron chi connectivity index (χ4n) is 3.63. The van der Waals surface area contributed by atoms with Crippen molar-refractivity contribution in [3.8, 4) is 5.75 Å². The van der Waals surface area contributed by atoms with Gasteiger partial charge in [-0.1, -0.05) is 18.2 Å². The SMILES string of the molecule is COc1ccc(S(=O)(=O)N2CCN(c3c(C)cccc3C)CC2)c(C)c1. The van der Waals surface area contributed by atoms with Crippen LogP contribution < -0.4 is 9.64 Å². The smallest absolute Gasteiger partial charge is 0.243 e. The molecule has 1 aliphatic rings. The van der Waals surface area contributed by atoms with E-state index in [-0.39, 0.29) is 0 Å². The molecule has 1 saturated heterocycles. The Balaban J connectivity index is 1.79. The second kappa shape index (κ2) is 7.29. The monoisotopic (exact) mass is 374 g/mol. The zero-order chi connectivity index (χ0) is 18.9. The van der Waals surface area contributed by atoms with Crippen LogP contribution in [0.3, 0.4) is 0 Å². The summed E-state index contributed by atoms with van der Waals surface area (Å²) < 4.78 is 32.9. The molecule has 2 aromatic carbocycles. The van der Waals surface area contributed by atoms with E-state index in [0.717, 1.165) is 0 Å². The number of hydrogen-bond donors (Lipinski definition) is 0. The van der Waals surface area contributed by atoms with E-state index in [0.29, 0.717) is 42.4 Å². The molecule has 5 nitrogen and oxygen atoms in total. The van der Waals surface area contributed by atoms with Gasteiger partial charge in [-0.05, 0) is 55.7 Å². The topological polar surface area (TPSA) is 49.9 Å². The highest BCUT2D eigenvalue weighted by molar-refractivity contribution is 7.89. The van der Waals surface area contributed by atoms with E-state index in [1.54, 1.807) is 29.6 Å². The third kappa shape index (κ3) is 3.44. The molecule has 0 saturated carbocycles. The first-order valence-electron chi connectivity index (χ1n) is 8.80. The summed E-state index contributed by atoms with van der Waals surface area (Å²) >= 11 is 0. The average Bonchev–Trinajstić information content (AvgIpc) is 2.61. The quantitative estimate of drug-likeness (QED) is 0.825. The molecular formula is C20H26N2O3S. The van der Waals surface area contributed by atoms with Crippen molar-refractivity contribution in [1.82, 2.24) is 4.31 Å². The van der Waals surface area contributed by atoms with Crippen molar-refractivity contribution in [2.75, 3.05) is 38.2 Å². The second-order valence-electron chi connectivity index (χ2n) is 6.76. The number of anilines is 1. The summed E-state index contributed by atoms with van der Waals surface area (Å²) in [5, 5.41) is 0. The third-order valence-electron chi connectivity index (χ3n) is 4.99. The summed E-state index contributed by atoms with van der Waals surface area (Å²) in [7, 11) is -1.91. The van der Waals surface area contributed by atoms with E-state index in [2.05, 4.69) is 36.9 Å². The van der Waals surface area contributed by atoms with Crippen LogP contribution in [-0.2, 0) is 10.0 Å². The van der Waals surface area contributed by atoms with E-state index >= 15 is 0 Å². The number of para-hydroxylation sites is 1. The van der Waals surface area contributed by atoms with E-state index in [1.165, 1.54) is 16.8 Å². The number of ether oxygens (including phenoxy) is 1. The molecule has 0 unspecified atom stereocenters. The number of benzene rings is 2. The van der Waals surface area contributed by atoms with Crippen LogP contribution in [0.15, 0.2) is 41.3 Å². The van der Waals surface area contributed by atoms with E-state index in [4.69, 9.17) is 4.74 Å². The Hall–Kier alpha value is -2.05. The number of piperazine rings is 1. The molecule has 1 fully saturated rings. The van der Waals surface area contributed by atoms with Crippen LogP contribution >= 0.6 is 0 Å². The Morgan fingerprint density at radius 1 is 0.885 bits per heavy atom. The van der Waals surface area contributed by atoms with Crippen molar-refractivity contribution < 1.29 is 13.2 Å². The van der Waals surface area contributed by atoms with Crippen molar-refractivity contribution in [3.05, 3.63) is 53.1 Å². The van der Waals surface area contributed by atoms with Gasteiger partial charge in [-0.2, -0.15) is 4.31 Å². The molecule has 3 rings (SSSR count). The first-order valence-corrected chi connectivity index (χ1v) is 10.2. The van der Waals surface area contributed by atoms with Crippen LogP contribution in [-0.4, -0.2) is 46.0 Å². The molecular weight excluding hydrogens is 348 g/mol. The van der Waals surface area contributed by atoms with Gasteiger partial charge >= 0.3 is 0 Å². The Morgan fingerprint density at radius 2 is 1.50 bits per heavy atom. The fourth-order valence-corrected chi connectivity index (χ4v) is 5.26. The highest BCUT2D eigenvalue weighted by atomic mass is 32.2. The highest BCUT2D eigenvalue weighted by Gasteiger charge is 2.30. The molecule has 2 aromatic rings. The molecule has 0 spiro atoms. The van der Waals surface area contributed by atoms with Gasteiger partial charge in [-0.25, -0.2) is 8.42 Å². The lowest BCUT2D eigenvalue weighted by Gasteiger charge is -2.37. The lowest BCUT2D eigenvalue weighted by Crippen LogP contribution is -2.49. The van der Waals surface area contributed by atoms with Crippen LogP contribution in [0.25, 0.3) is 0 Å². The molecule has 0 aromatic heterocycles. The second-order valence-corrected chi connectivity index (χ2v) is 8.67. The molecule has 26 heavy (non-hydrogen) atoms. The molecule has 140 valence electrons. The summed E-state index contributed by atoms with van der Waals surface area (Å²) in [5.41, 5.74) is 4.39. The zero-order valence-electron chi connectivity index (χ0n) is 15.8. The molecule has 1 aliphatic heterocycles. The van der Waals surface area contributed by atoms with E-state index < -0.39 is 10.0 Å². The number of sulfonamides is 1. The van der Waals surface area contributed by atoms with E-state index in [9.17, 15) is 8.42 Å². The number of methoxy groups -OCH3 is 1. The Bertz CT molecular complexity index is 881. The summed E-state index contributed by atoms with van der Waals surface area (Å²) in [6.07, 6.45) is 0. The molecule has 0 amide bonds. The van der Waals surface area contributed by atoms with Crippen LogP contribution in [0.4, 0.5) is 5.69 Å². The van der Waals surface area contributed by atoms with Gasteiger partial charge in [0, 0.05) is 31.9 Å². The minimum atomic E-state index is -3.49. The number of nitrogens with zero attached hydrogens (tertiary/aromatic N) is 2. The minimum Gasteiger partial charge on any atom is -0.497 e. The van der Waals surface area contributed by atoms with Crippen LogP contribution in [0.5, 0.6) is 5.75 Å². The van der Waals surface area contributed by atoms with Crippen molar-refractivity contribution in [2.24, 2.45) is 0 Å². The Kier molecular flexibility index (Phi) is 5.25. The molecule has 1 heterocycles. The predicted molar refractivity (Wildman–Crippen MR) is 105 cm³/mol. The summed E-state index contributed by atoms with van der Waals surface area (Å²) in [6, 6.07) is 11.4. The predicted octanol–water partition coefficient (Wildman–Crippen LogP) is 3.13. The van der Waals surface area contributed by atoms with Crippen LogP contribution in [0.2, 0.25) is 0 Å². The number of hydrogen-bond acceptors (Lipinski definition) is 4. The van der Waals surface area contributed by atoms with Crippen molar-refractivity contribution >= 4 is 15.7 Å². The van der Waals surface area contributed by atoms with Crippen LogP contribution in [0.1, 0.15) is 16.7 Å². The largest absolute Gasteiger partial charge is 0.497 e. The van der Waals surface area contributed by atoms with Gasteiger partial charge < -0.3 is 9.64 Å². The van der Waals surface area contributed by atoms with Gasteiger partial charge in [0.2, 0.25) is 10.0 Å². The van der Waals surface area contributed by atoms with Crippen molar-refractivity contribution in [2.45, 2.75) is 25.7 Å². The van der Waals surface area contributed by atoms with Gasteiger partial charge in [0.15, 0.2) is 0 Å². The lowest BCUT2D eigenvalue weighted by molar-refractivity contribution is 0.384. The molecule has 6 heteroatoms. The van der Waals surface area contributed by atoms with Crippen molar-refractivity contribution in [1.29, 1.82) is 0 Å². The molecule has 0 aliphatic carbocycles. The average molecular weight is 375 g/mol. The zero-order valence-corrected chi connectivity index (χ0v) is 16.6. The highest BCUT2D eigenvalue weighted by Crippen LogP contribution is 2.28. The maximum atomic E-state index is 13.1. The maximum absolute atomic E-state index is 13.1. The summed E-state index contributed by atoms with van der Waals surface area (Å²) in [4.78, 5) is 2.65. The maximum Gasteiger partial charge on any atom is 0.243 e. The molecule has 0 radical (unpaired) electrons. The van der Waals surface area contributed by atoms with E-state index in [1.807, 2.05) is 6.92 Å². The summed E-state index contributed by atoms with van der Waals surface area (Å²) in [5.74, 6) is 0.668. The molecule has 0 bridgehead atoms. The lowest BCUT2D eigenvalue weighted by atomic mass is 10.1. The number of aryl methyl sites for hydroxylation is 3. The fraction of sp³-hybridized carbons (Fsp3) is 0.400. The minimum absolute atomic E-state index is 0.360. The van der Waals surface area contributed by atoms with Gasteiger partial charge in [0.1, 0.15) is 5.75 Å². The van der Waals surface area contributed by atoms with Gasteiger partial charge in [-0.15, -0.1) is 0 Å². The first-order chi connectivity index (χ1) is 12.3. The molecule has 0 atom stereocenters. The Morgan fingerprint density at radius 3 is 2.04 bits per heavy atom. The van der Waals surface area contributed by atoms with Crippen LogP contribution in [0, 0.1) is 20.8 Å². The Labute approximate surface area is 156 Å². The molecule has 0 N–H and O–H groups in total. The standard InChI is InChI=1S/C20H26N2O3S/c1-15-6-5-7-16(2)20(15)21-10-12-22(13-11-21)26(23,24)19-9-8-18(25-4)14-17(19)3/h5-9,14H,10-13H2,1-4H3. The van der Waals surface area contributed by atoms with Gasteiger partial charge in [0.05, 0.1) is 12.0 Å². The van der Waals surface area contributed by atoms with Gasteiger partial charge in [-0.3, -0.25) is 0 Å². The normalized spacial score (nSPS) is 15.9. The first kappa shape index (κ1) is 18.7. The van der Waals surface area contributed by atoms with Crippen molar-refractivity contribution in [3.63, 3.8) is 0 Å². The number of rotatable bonds is 4.